The number of fused-ring (bicyclic) bond motifs is 3. The average Bonchev–Trinajstić information content (AvgIpc) is 2.63. The Morgan fingerprint density at radius 2 is 2.31 bits per heavy atom. The monoisotopic (exact) mass is 279 g/mol. The number of nitrogens with zero attached hydrogens (tertiary/aromatic N) is 2. The van der Waals surface area contributed by atoms with Crippen LogP contribution in [0.15, 0.2) is 21.6 Å². The summed E-state index contributed by atoms with van der Waals surface area (Å²) in [5, 5.41) is 2.76. The van der Waals surface area contributed by atoms with Crippen LogP contribution in [0.2, 0.25) is 0 Å². The molecule has 0 atom stereocenters. The lowest BCUT2D eigenvalue weighted by molar-refractivity contribution is -0.117. The van der Waals surface area contributed by atoms with E-state index in [1.165, 1.54) is 11.1 Å². The van der Waals surface area contributed by atoms with Crippen molar-refractivity contribution in [1.82, 2.24) is 5.32 Å². The normalized spacial score (nSPS) is 17.8. The van der Waals surface area contributed by atoms with Crippen LogP contribution in [-0.4, -0.2) is 18.4 Å². The number of carbonyl (C=O) groups excluding carboxylic acids is 1. The van der Waals surface area contributed by atoms with Gasteiger partial charge in [0.25, 0.3) is 0 Å². The van der Waals surface area contributed by atoms with Gasteiger partial charge in [-0.25, -0.2) is 4.99 Å². The third-order valence-corrected chi connectivity index (χ3v) is 3.85. The molecule has 0 bridgehead atoms. The molecule has 1 aromatic rings. The summed E-state index contributed by atoms with van der Waals surface area (Å²) in [7, 11) is 0. The van der Waals surface area contributed by atoms with E-state index in [0.717, 1.165) is 10.2 Å². The molecule has 1 fully saturated rings. The predicted octanol–water partition coefficient (Wildman–Crippen LogP) is 1.56. The molecule has 16 heavy (non-hydrogen) atoms. The molecule has 1 amide bonds. The van der Waals surface area contributed by atoms with Gasteiger partial charge in [-0.3, -0.25) is 10.1 Å². The molecule has 0 aromatic heterocycles. The number of anilines is 1. The van der Waals surface area contributed by atoms with Crippen molar-refractivity contribution in [1.29, 1.82) is 0 Å². The molecule has 0 unspecified atom stereocenters. The van der Waals surface area contributed by atoms with Crippen molar-refractivity contribution in [2.75, 3.05) is 11.4 Å². The Kier molecular flexibility index (Phi) is 2.04. The molecule has 0 spiro atoms. The number of halogens is 1. The largest absolute Gasteiger partial charge is 0.303 e. The van der Waals surface area contributed by atoms with Crippen LogP contribution >= 0.6 is 15.9 Å². The Morgan fingerprint density at radius 3 is 3.12 bits per heavy atom. The maximum Gasteiger partial charge on any atom is 0.246 e. The standard InChI is InChI=1S/C11H10BrN3O/c1-6-7-4-13-11-14-10(16)5-15(11)9(7)3-2-8(6)12/h2-3H,4-5H2,1H3,(H,13,14,16). The third kappa shape index (κ3) is 1.28. The summed E-state index contributed by atoms with van der Waals surface area (Å²) in [5.74, 6) is 0.686. The minimum atomic E-state index is 0.00664. The van der Waals surface area contributed by atoms with Crippen molar-refractivity contribution in [3.8, 4) is 0 Å². The molecular weight excluding hydrogens is 270 g/mol. The van der Waals surface area contributed by atoms with Gasteiger partial charge in [-0.1, -0.05) is 15.9 Å². The number of guanidine groups is 1. The number of amides is 1. The Labute approximate surface area is 101 Å². The van der Waals surface area contributed by atoms with Crippen LogP contribution < -0.4 is 10.2 Å². The van der Waals surface area contributed by atoms with Crippen molar-refractivity contribution >= 4 is 33.5 Å². The SMILES string of the molecule is Cc1c(Br)ccc2c1CN=C1NC(=O)CN12. The fraction of sp³-hybridized carbons (Fsp3) is 0.273. The molecule has 5 heteroatoms. The van der Waals surface area contributed by atoms with Crippen LogP contribution in [0.5, 0.6) is 0 Å². The van der Waals surface area contributed by atoms with Gasteiger partial charge in [-0.15, -0.1) is 0 Å². The van der Waals surface area contributed by atoms with Gasteiger partial charge in [0.2, 0.25) is 11.9 Å². The van der Waals surface area contributed by atoms with Gasteiger partial charge < -0.3 is 4.90 Å². The van der Waals surface area contributed by atoms with Crippen LogP contribution in [-0.2, 0) is 11.3 Å². The summed E-state index contributed by atoms with van der Waals surface area (Å²) in [4.78, 5) is 17.6. The minimum Gasteiger partial charge on any atom is -0.303 e. The molecule has 0 saturated carbocycles. The highest BCUT2D eigenvalue weighted by Gasteiger charge is 2.31. The second-order valence-electron chi connectivity index (χ2n) is 3.94. The van der Waals surface area contributed by atoms with Crippen LogP contribution in [0.3, 0.4) is 0 Å². The van der Waals surface area contributed by atoms with E-state index in [2.05, 4.69) is 33.2 Å². The summed E-state index contributed by atoms with van der Waals surface area (Å²) < 4.78 is 1.09. The molecule has 2 heterocycles. The van der Waals surface area contributed by atoms with E-state index < -0.39 is 0 Å². The number of nitrogens with one attached hydrogen (secondary N) is 1. The lowest BCUT2D eigenvalue weighted by Gasteiger charge is -2.25. The number of benzene rings is 1. The predicted molar refractivity (Wildman–Crippen MR) is 65.5 cm³/mol. The number of hydrogen-bond acceptors (Lipinski definition) is 3. The number of hydrogen-bond donors (Lipinski definition) is 1. The Hall–Kier alpha value is -1.36. The Bertz CT molecular complexity index is 524. The quantitative estimate of drug-likeness (QED) is 0.784. The van der Waals surface area contributed by atoms with Crippen molar-refractivity contribution in [3.63, 3.8) is 0 Å². The average molecular weight is 280 g/mol. The van der Waals surface area contributed by atoms with Gasteiger partial charge in [0, 0.05) is 15.7 Å². The van der Waals surface area contributed by atoms with Gasteiger partial charge in [-0.2, -0.15) is 0 Å². The summed E-state index contributed by atoms with van der Waals surface area (Å²) in [6.45, 7) is 3.06. The number of rotatable bonds is 0. The van der Waals surface area contributed by atoms with Crippen molar-refractivity contribution in [3.05, 3.63) is 27.7 Å². The van der Waals surface area contributed by atoms with Crippen LogP contribution in [0.25, 0.3) is 0 Å². The highest BCUT2D eigenvalue weighted by Crippen LogP contribution is 2.33. The zero-order chi connectivity index (χ0) is 11.3. The third-order valence-electron chi connectivity index (χ3n) is 2.99. The molecule has 0 radical (unpaired) electrons. The van der Waals surface area contributed by atoms with E-state index in [1.54, 1.807) is 0 Å². The first-order valence-corrected chi connectivity index (χ1v) is 5.86. The molecule has 3 rings (SSSR count). The maximum absolute atomic E-state index is 11.3. The Morgan fingerprint density at radius 1 is 1.50 bits per heavy atom. The minimum absolute atomic E-state index is 0.00664. The van der Waals surface area contributed by atoms with E-state index in [4.69, 9.17) is 0 Å². The van der Waals surface area contributed by atoms with E-state index in [9.17, 15) is 4.79 Å². The summed E-state index contributed by atoms with van der Waals surface area (Å²) in [6, 6.07) is 4.04. The van der Waals surface area contributed by atoms with Crippen LogP contribution in [0.4, 0.5) is 5.69 Å². The first-order valence-electron chi connectivity index (χ1n) is 5.06. The second kappa shape index (κ2) is 3.31. The van der Waals surface area contributed by atoms with E-state index in [-0.39, 0.29) is 5.91 Å². The highest BCUT2D eigenvalue weighted by atomic mass is 79.9. The Balaban J connectivity index is 2.15. The van der Waals surface area contributed by atoms with Crippen LogP contribution in [0.1, 0.15) is 11.1 Å². The van der Waals surface area contributed by atoms with E-state index in [0.29, 0.717) is 19.0 Å². The highest BCUT2D eigenvalue weighted by molar-refractivity contribution is 9.10. The molecule has 1 N–H and O–H groups in total. The van der Waals surface area contributed by atoms with Crippen molar-refractivity contribution in [2.45, 2.75) is 13.5 Å². The molecule has 2 aliphatic rings. The van der Waals surface area contributed by atoms with Gasteiger partial charge in [0.1, 0.15) is 6.54 Å². The molecule has 1 saturated heterocycles. The molecule has 82 valence electrons. The first-order chi connectivity index (χ1) is 7.66. The van der Waals surface area contributed by atoms with Gasteiger partial charge in [0.05, 0.1) is 6.54 Å². The summed E-state index contributed by atoms with van der Waals surface area (Å²) in [5.41, 5.74) is 3.47. The summed E-state index contributed by atoms with van der Waals surface area (Å²) >= 11 is 3.51. The van der Waals surface area contributed by atoms with E-state index >= 15 is 0 Å². The summed E-state index contributed by atoms with van der Waals surface area (Å²) in [6.07, 6.45) is 0. The van der Waals surface area contributed by atoms with Crippen LogP contribution in [0, 0.1) is 6.92 Å². The maximum atomic E-state index is 11.3. The number of aliphatic imine (C=N–C) groups is 1. The zero-order valence-corrected chi connectivity index (χ0v) is 10.3. The molecule has 0 aliphatic carbocycles. The van der Waals surface area contributed by atoms with E-state index in [1.807, 2.05) is 17.0 Å². The molecule has 2 aliphatic heterocycles. The zero-order valence-electron chi connectivity index (χ0n) is 8.75. The smallest absolute Gasteiger partial charge is 0.246 e. The fourth-order valence-electron chi connectivity index (χ4n) is 2.09. The van der Waals surface area contributed by atoms with Gasteiger partial charge in [-0.05, 0) is 24.6 Å². The number of carbonyl (C=O) groups is 1. The molecule has 1 aromatic carbocycles. The fourth-order valence-corrected chi connectivity index (χ4v) is 2.47. The van der Waals surface area contributed by atoms with Gasteiger partial charge in [0.15, 0.2) is 0 Å². The lowest BCUT2D eigenvalue weighted by atomic mass is 10.0. The van der Waals surface area contributed by atoms with Crippen molar-refractivity contribution < 1.29 is 4.79 Å². The molecular formula is C11H10BrN3O. The first kappa shape index (κ1) is 9.84. The van der Waals surface area contributed by atoms with Crippen molar-refractivity contribution in [2.24, 2.45) is 4.99 Å². The lowest BCUT2D eigenvalue weighted by Crippen LogP contribution is -2.33. The van der Waals surface area contributed by atoms with Gasteiger partial charge >= 0.3 is 0 Å². The molecule has 4 nitrogen and oxygen atoms in total. The second-order valence-corrected chi connectivity index (χ2v) is 4.80. The topological polar surface area (TPSA) is 44.7 Å².